The lowest BCUT2D eigenvalue weighted by atomic mass is 9.79. The topological polar surface area (TPSA) is 17.1 Å². The molecule has 14 heavy (non-hydrogen) atoms. The van der Waals surface area contributed by atoms with Crippen LogP contribution < -0.4 is 0 Å². The summed E-state index contributed by atoms with van der Waals surface area (Å²) in [4.78, 5) is 11.7. The maximum Gasteiger partial charge on any atom is 0.165 e. The Morgan fingerprint density at radius 3 is 2.36 bits per heavy atom. The van der Waals surface area contributed by atoms with Crippen LogP contribution in [0.4, 0.5) is 0 Å². The molecule has 0 N–H and O–H groups in total. The fourth-order valence-corrected chi connectivity index (χ4v) is 1.87. The molecule has 0 amide bonds. The van der Waals surface area contributed by atoms with Crippen LogP contribution in [0.1, 0.15) is 24.5 Å². The van der Waals surface area contributed by atoms with Crippen LogP contribution in [-0.2, 0) is 10.2 Å². The maximum absolute atomic E-state index is 11.7. The highest BCUT2D eigenvalue weighted by Crippen LogP contribution is 2.33. The third-order valence-corrected chi connectivity index (χ3v) is 3.03. The summed E-state index contributed by atoms with van der Waals surface area (Å²) < 4.78 is 0. The molecule has 1 atom stereocenters. The Hall–Kier alpha value is -1.37. The lowest BCUT2D eigenvalue weighted by Crippen LogP contribution is -2.27. The first-order valence-electron chi connectivity index (χ1n) is 4.91. The van der Waals surface area contributed by atoms with Gasteiger partial charge in [0.2, 0.25) is 0 Å². The number of aryl methyl sites for hydroxylation is 1. The minimum atomic E-state index is -0.312. The number of hydrogen-bond acceptors (Lipinski definition) is 1. The molecule has 72 valence electrons. The van der Waals surface area contributed by atoms with Gasteiger partial charge < -0.3 is 0 Å². The van der Waals surface area contributed by atoms with Crippen LogP contribution in [0.15, 0.2) is 36.4 Å². The van der Waals surface area contributed by atoms with Crippen molar-refractivity contribution in [3.63, 3.8) is 0 Å². The number of benzene rings is 1. The molecule has 0 aromatic heterocycles. The molecule has 0 heterocycles. The van der Waals surface area contributed by atoms with E-state index in [1.54, 1.807) is 6.08 Å². The van der Waals surface area contributed by atoms with Crippen molar-refractivity contribution >= 4 is 5.78 Å². The first kappa shape index (κ1) is 9.20. The van der Waals surface area contributed by atoms with Gasteiger partial charge in [-0.1, -0.05) is 35.9 Å². The van der Waals surface area contributed by atoms with Crippen molar-refractivity contribution < 1.29 is 4.79 Å². The van der Waals surface area contributed by atoms with E-state index in [1.165, 1.54) is 5.56 Å². The Labute approximate surface area is 84.5 Å². The van der Waals surface area contributed by atoms with Crippen LogP contribution in [0, 0.1) is 6.92 Å². The molecule has 0 aliphatic heterocycles. The van der Waals surface area contributed by atoms with Gasteiger partial charge in [-0.25, -0.2) is 0 Å². The summed E-state index contributed by atoms with van der Waals surface area (Å²) in [6.45, 7) is 4.07. The fourth-order valence-electron chi connectivity index (χ4n) is 1.87. The molecule has 1 aromatic rings. The van der Waals surface area contributed by atoms with Gasteiger partial charge >= 0.3 is 0 Å². The lowest BCUT2D eigenvalue weighted by Gasteiger charge is -2.22. The highest BCUT2D eigenvalue weighted by molar-refractivity contribution is 6.01. The average molecular weight is 186 g/mol. The number of hydrogen-bond donors (Lipinski definition) is 0. The minimum Gasteiger partial charge on any atom is -0.294 e. The number of rotatable bonds is 1. The number of carbonyl (C=O) groups is 1. The molecule has 1 nitrogen and oxygen atoms in total. The standard InChI is InChI=1S/C13H14O/c1-10-5-7-11(8-6-10)13(2)9-3-4-12(13)14/h3-8H,9H2,1-2H3. The van der Waals surface area contributed by atoms with Gasteiger partial charge in [-0.3, -0.25) is 4.79 Å². The van der Waals surface area contributed by atoms with Crippen LogP contribution >= 0.6 is 0 Å². The molecule has 0 spiro atoms. The Balaban J connectivity index is 2.40. The third kappa shape index (κ3) is 1.29. The molecule has 0 saturated carbocycles. The Morgan fingerprint density at radius 1 is 1.21 bits per heavy atom. The van der Waals surface area contributed by atoms with Crippen LogP contribution in [-0.4, -0.2) is 5.78 Å². The Kier molecular flexibility index (Phi) is 2.03. The van der Waals surface area contributed by atoms with Crippen molar-refractivity contribution in [1.29, 1.82) is 0 Å². The lowest BCUT2D eigenvalue weighted by molar-refractivity contribution is -0.118. The van der Waals surface area contributed by atoms with E-state index in [2.05, 4.69) is 31.2 Å². The van der Waals surface area contributed by atoms with Crippen LogP contribution in [0.2, 0.25) is 0 Å². The van der Waals surface area contributed by atoms with E-state index < -0.39 is 0 Å². The van der Waals surface area contributed by atoms with Gasteiger partial charge in [0.15, 0.2) is 5.78 Å². The zero-order valence-corrected chi connectivity index (χ0v) is 8.58. The molecule has 0 bridgehead atoms. The summed E-state index contributed by atoms with van der Waals surface area (Å²) >= 11 is 0. The molecule has 1 aliphatic carbocycles. The molecule has 1 aliphatic rings. The van der Waals surface area contributed by atoms with Crippen LogP contribution in [0.3, 0.4) is 0 Å². The van der Waals surface area contributed by atoms with Crippen LogP contribution in [0.25, 0.3) is 0 Å². The predicted octanol–water partition coefficient (Wildman–Crippen LogP) is 2.78. The number of allylic oxidation sites excluding steroid dienone is 2. The molecule has 1 heteroatoms. The monoisotopic (exact) mass is 186 g/mol. The summed E-state index contributed by atoms with van der Waals surface area (Å²) in [7, 11) is 0. The van der Waals surface area contributed by atoms with E-state index in [-0.39, 0.29) is 11.2 Å². The average Bonchev–Trinajstić information content (AvgIpc) is 2.49. The Morgan fingerprint density at radius 2 is 1.86 bits per heavy atom. The smallest absolute Gasteiger partial charge is 0.165 e. The van der Waals surface area contributed by atoms with E-state index in [1.807, 2.05) is 13.0 Å². The Bertz CT molecular complexity index is 386. The van der Waals surface area contributed by atoms with Gasteiger partial charge in [0.25, 0.3) is 0 Å². The van der Waals surface area contributed by atoms with E-state index >= 15 is 0 Å². The van der Waals surface area contributed by atoms with Gasteiger partial charge in [-0.15, -0.1) is 0 Å². The van der Waals surface area contributed by atoms with E-state index in [9.17, 15) is 4.79 Å². The molecule has 0 fully saturated rings. The van der Waals surface area contributed by atoms with Crippen molar-refractivity contribution in [3.05, 3.63) is 47.5 Å². The zero-order valence-electron chi connectivity index (χ0n) is 8.58. The van der Waals surface area contributed by atoms with Crippen LogP contribution in [0.5, 0.6) is 0 Å². The maximum atomic E-state index is 11.7. The quantitative estimate of drug-likeness (QED) is 0.659. The zero-order chi connectivity index (χ0) is 10.2. The highest BCUT2D eigenvalue weighted by Gasteiger charge is 2.35. The van der Waals surface area contributed by atoms with E-state index in [0.29, 0.717) is 0 Å². The molecule has 0 saturated heterocycles. The fraction of sp³-hybridized carbons (Fsp3) is 0.308. The molecule has 2 rings (SSSR count). The summed E-state index contributed by atoms with van der Waals surface area (Å²) in [6, 6.07) is 8.23. The van der Waals surface area contributed by atoms with Gasteiger partial charge in [0.1, 0.15) is 0 Å². The van der Waals surface area contributed by atoms with Crippen molar-refractivity contribution in [2.75, 3.05) is 0 Å². The SMILES string of the molecule is Cc1ccc(C2(C)CC=CC2=O)cc1. The largest absolute Gasteiger partial charge is 0.294 e. The predicted molar refractivity (Wildman–Crippen MR) is 57.3 cm³/mol. The first-order chi connectivity index (χ1) is 6.63. The number of ketones is 1. The second-order valence-corrected chi connectivity index (χ2v) is 4.17. The third-order valence-electron chi connectivity index (χ3n) is 3.03. The van der Waals surface area contributed by atoms with Crippen molar-refractivity contribution in [3.8, 4) is 0 Å². The second kappa shape index (κ2) is 3.09. The van der Waals surface area contributed by atoms with Gasteiger partial charge in [-0.05, 0) is 31.9 Å². The van der Waals surface area contributed by atoms with Gasteiger partial charge in [0.05, 0.1) is 5.41 Å². The second-order valence-electron chi connectivity index (χ2n) is 4.17. The molecule has 0 radical (unpaired) electrons. The summed E-state index contributed by atoms with van der Waals surface area (Å²) in [6.07, 6.45) is 4.48. The highest BCUT2D eigenvalue weighted by atomic mass is 16.1. The van der Waals surface area contributed by atoms with E-state index in [4.69, 9.17) is 0 Å². The molecular weight excluding hydrogens is 172 g/mol. The van der Waals surface area contributed by atoms with Crippen molar-refractivity contribution in [2.24, 2.45) is 0 Å². The van der Waals surface area contributed by atoms with E-state index in [0.717, 1.165) is 12.0 Å². The van der Waals surface area contributed by atoms with Gasteiger partial charge in [0, 0.05) is 0 Å². The summed E-state index contributed by atoms with van der Waals surface area (Å²) in [5.41, 5.74) is 2.04. The first-order valence-corrected chi connectivity index (χ1v) is 4.91. The molecule has 1 unspecified atom stereocenters. The minimum absolute atomic E-state index is 0.223. The summed E-state index contributed by atoms with van der Waals surface area (Å²) in [5.74, 6) is 0.223. The van der Waals surface area contributed by atoms with Crippen molar-refractivity contribution in [2.45, 2.75) is 25.7 Å². The normalized spacial score (nSPS) is 25.7. The van der Waals surface area contributed by atoms with Crippen molar-refractivity contribution in [1.82, 2.24) is 0 Å². The van der Waals surface area contributed by atoms with Gasteiger partial charge in [-0.2, -0.15) is 0 Å². The number of carbonyl (C=O) groups excluding carboxylic acids is 1. The molecule has 1 aromatic carbocycles. The summed E-state index contributed by atoms with van der Waals surface area (Å²) in [5, 5.41) is 0. The molecular formula is C13H14O.